The van der Waals surface area contributed by atoms with Crippen molar-refractivity contribution in [3.05, 3.63) is 23.8 Å². The van der Waals surface area contributed by atoms with E-state index in [1.165, 1.54) is 5.56 Å². The number of hydrogen-bond donors (Lipinski definition) is 1. The van der Waals surface area contributed by atoms with E-state index < -0.39 is 0 Å². The van der Waals surface area contributed by atoms with Gasteiger partial charge in [-0.1, -0.05) is 6.07 Å². The number of carbonyl (C=O) groups excluding carboxylic acids is 1. The number of nitrogens with zero attached hydrogens (tertiary/aromatic N) is 1. The van der Waals surface area contributed by atoms with Crippen LogP contribution >= 0.6 is 0 Å². The van der Waals surface area contributed by atoms with Crippen molar-refractivity contribution in [1.82, 2.24) is 4.90 Å². The van der Waals surface area contributed by atoms with E-state index in [-0.39, 0.29) is 11.8 Å². The van der Waals surface area contributed by atoms with Gasteiger partial charge in [0.2, 0.25) is 12.7 Å². The van der Waals surface area contributed by atoms with Crippen LogP contribution < -0.4 is 15.2 Å². The van der Waals surface area contributed by atoms with Gasteiger partial charge >= 0.3 is 0 Å². The summed E-state index contributed by atoms with van der Waals surface area (Å²) in [5.41, 5.74) is 6.50. The first-order valence-corrected chi connectivity index (χ1v) is 6.12. The second-order valence-corrected chi connectivity index (χ2v) is 4.81. The smallest absolute Gasteiger partial charge is 0.231 e. The highest BCUT2D eigenvalue weighted by atomic mass is 16.7. The molecule has 5 heteroatoms. The summed E-state index contributed by atoms with van der Waals surface area (Å²) in [5, 5.41) is 0. The summed E-state index contributed by atoms with van der Waals surface area (Å²) < 4.78 is 10.6. The van der Waals surface area contributed by atoms with Crippen molar-refractivity contribution in [3.63, 3.8) is 0 Å². The van der Waals surface area contributed by atoms with E-state index in [0.29, 0.717) is 6.79 Å². The summed E-state index contributed by atoms with van der Waals surface area (Å²) in [6.45, 7) is 2.79. The van der Waals surface area contributed by atoms with Gasteiger partial charge in [0.15, 0.2) is 11.5 Å². The van der Waals surface area contributed by atoms with E-state index in [2.05, 4.69) is 4.90 Å². The molecule has 5 nitrogen and oxygen atoms in total. The summed E-state index contributed by atoms with van der Waals surface area (Å²) in [5.74, 6) is 1.41. The average Bonchev–Trinajstić information content (AvgIpc) is 2.96. The van der Waals surface area contributed by atoms with Crippen LogP contribution in [-0.2, 0) is 11.3 Å². The predicted molar refractivity (Wildman–Crippen MR) is 65.1 cm³/mol. The lowest BCUT2D eigenvalue weighted by molar-refractivity contribution is -0.121. The molecule has 0 spiro atoms. The number of nitrogens with two attached hydrogens (primary N) is 1. The molecule has 18 heavy (non-hydrogen) atoms. The third-order valence-electron chi connectivity index (χ3n) is 3.52. The van der Waals surface area contributed by atoms with Crippen molar-refractivity contribution in [2.45, 2.75) is 13.0 Å². The van der Waals surface area contributed by atoms with Crippen LogP contribution in [0.25, 0.3) is 0 Å². The first-order chi connectivity index (χ1) is 8.72. The number of hydrogen-bond acceptors (Lipinski definition) is 4. The molecular weight excluding hydrogens is 232 g/mol. The van der Waals surface area contributed by atoms with Gasteiger partial charge in [-0.2, -0.15) is 0 Å². The molecule has 2 aliphatic rings. The molecule has 3 rings (SSSR count). The highest BCUT2D eigenvalue weighted by Crippen LogP contribution is 2.33. The summed E-state index contributed by atoms with van der Waals surface area (Å²) in [6.07, 6.45) is 0.861. The van der Waals surface area contributed by atoms with Gasteiger partial charge in [0.05, 0.1) is 5.92 Å². The largest absolute Gasteiger partial charge is 0.454 e. The third kappa shape index (κ3) is 2.13. The fraction of sp³-hybridized carbons (Fsp3) is 0.462. The van der Waals surface area contributed by atoms with Gasteiger partial charge in [-0.05, 0) is 30.7 Å². The van der Waals surface area contributed by atoms with Crippen molar-refractivity contribution < 1.29 is 14.3 Å². The monoisotopic (exact) mass is 248 g/mol. The standard InChI is InChI=1S/C13H16N2O3/c14-13(16)10-3-4-15(7-10)6-9-1-2-11-12(5-9)18-8-17-11/h1-2,5,10H,3-4,6-8H2,(H2,14,16). The number of benzene rings is 1. The van der Waals surface area contributed by atoms with Crippen molar-refractivity contribution >= 4 is 5.91 Å². The Morgan fingerprint density at radius 1 is 1.39 bits per heavy atom. The molecule has 2 aliphatic heterocycles. The zero-order chi connectivity index (χ0) is 12.5. The van der Waals surface area contributed by atoms with Crippen LogP contribution in [-0.4, -0.2) is 30.7 Å². The Hall–Kier alpha value is -1.75. The minimum absolute atomic E-state index is 0.000916. The molecule has 1 amide bonds. The van der Waals surface area contributed by atoms with Crippen LogP contribution in [0.4, 0.5) is 0 Å². The van der Waals surface area contributed by atoms with Gasteiger partial charge in [-0.25, -0.2) is 0 Å². The minimum Gasteiger partial charge on any atom is -0.454 e. The maximum atomic E-state index is 11.1. The van der Waals surface area contributed by atoms with Gasteiger partial charge in [0.1, 0.15) is 0 Å². The summed E-state index contributed by atoms with van der Waals surface area (Å²) >= 11 is 0. The molecule has 1 saturated heterocycles. The van der Waals surface area contributed by atoms with Gasteiger partial charge in [-0.3, -0.25) is 9.69 Å². The zero-order valence-corrected chi connectivity index (χ0v) is 10.1. The maximum Gasteiger partial charge on any atom is 0.231 e. The van der Waals surface area contributed by atoms with Crippen LogP contribution in [0, 0.1) is 5.92 Å². The summed E-state index contributed by atoms with van der Waals surface area (Å²) in [7, 11) is 0. The highest BCUT2D eigenvalue weighted by Gasteiger charge is 2.26. The van der Waals surface area contributed by atoms with E-state index in [1.807, 2.05) is 18.2 Å². The molecule has 2 heterocycles. The Balaban J connectivity index is 1.65. The molecule has 0 bridgehead atoms. The zero-order valence-electron chi connectivity index (χ0n) is 10.1. The van der Waals surface area contributed by atoms with Crippen LogP contribution in [0.5, 0.6) is 11.5 Å². The van der Waals surface area contributed by atoms with Gasteiger partial charge in [0.25, 0.3) is 0 Å². The lowest BCUT2D eigenvalue weighted by atomic mass is 10.1. The Labute approximate surface area is 105 Å². The lowest BCUT2D eigenvalue weighted by Gasteiger charge is -2.15. The van der Waals surface area contributed by atoms with E-state index in [0.717, 1.165) is 37.6 Å². The molecule has 2 N–H and O–H groups in total. The molecule has 0 saturated carbocycles. The fourth-order valence-corrected chi connectivity index (χ4v) is 2.51. The number of likely N-dealkylation sites (tertiary alicyclic amines) is 1. The number of ether oxygens (including phenoxy) is 2. The Bertz CT molecular complexity index is 475. The first-order valence-electron chi connectivity index (χ1n) is 6.12. The number of rotatable bonds is 3. The highest BCUT2D eigenvalue weighted by molar-refractivity contribution is 5.77. The third-order valence-corrected chi connectivity index (χ3v) is 3.52. The Morgan fingerprint density at radius 3 is 3.00 bits per heavy atom. The molecule has 1 unspecified atom stereocenters. The van der Waals surface area contributed by atoms with Crippen LogP contribution in [0.15, 0.2) is 18.2 Å². The lowest BCUT2D eigenvalue weighted by Crippen LogP contribution is -2.27. The van der Waals surface area contributed by atoms with Gasteiger partial charge in [-0.15, -0.1) is 0 Å². The Kier molecular flexibility index (Phi) is 2.83. The molecule has 0 radical (unpaired) electrons. The molecular formula is C13H16N2O3. The van der Waals surface area contributed by atoms with Crippen LogP contribution in [0.2, 0.25) is 0 Å². The number of amides is 1. The van der Waals surface area contributed by atoms with Crippen molar-refractivity contribution in [3.8, 4) is 11.5 Å². The average molecular weight is 248 g/mol. The fourth-order valence-electron chi connectivity index (χ4n) is 2.51. The van der Waals surface area contributed by atoms with Crippen LogP contribution in [0.1, 0.15) is 12.0 Å². The van der Waals surface area contributed by atoms with Crippen molar-refractivity contribution in [2.75, 3.05) is 19.9 Å². The van der Waals surface area contributed by atoms with Gasteiger partial charge in [0, 0.05) is 13.1 Å². The second kappa shape index (κ2) is 4.49. The summed E-state index contributed by atoms with van der Waals surface area (Å²) in [6, 6.07) is 5.96. The SMILES string of the molecule is NC(=O)C1CCN(Cc2ccc3c(c2)OCO3)C1. The van der Waals surface area contributed by atoms with Crippen molar-refractivity contribution in [2.24, 2.45) is 11.7 Å². The van der Waals surface area contributed by atoms with E-state index in [9.17, 15) is 4.79 Å². The van der Waals surface area contributed by atoms with Crippen molar-refractivity contribution in [1.29, 1.82) is 0 Å². The van der Waals surface area contributed by atoms with Gasteiger partial charge < -0.3 is 15.2 Å². The topological polar surface area (TPSA) is 64.8 Å². The minimum atomic E-state index is -0.191. The number of primary amides is 1. The molecule has 1 aromatic carbocycles. The molecule has 1 aromatic rings. The molecule has 96 valence electrons. The maximum absolute atomic E-state index is 11.1. The number of carbonyl (C=O) groups is 1. The first kappa shape index (κ1) is 11.3. The second-order valence-electron chi connectivity index (χ2n) is 4.81. The predicted octanol–water partition coefficient (Wildman–Crippen LogP) is 0.722. The molecule has 1 atom stereocenters. The quantitative estimate of drug-likeness (QED) is 0.856. The normalized spacial score (nSPS) is 22.3. The number of fused-ring (bicyclic) bond motifs is 1. The van der Waals surface area contributed by atoms with E-state index >= 15 is 0 Å². The molecule has 1 fully saturated rings. The molecule has 0 aromatic heterocycles. The van der Waals surface area contributed by atoms with E-state index in [4.69, 9.17) is 15.2 Å². The van der Waals surface area contributed by atoms with Crippen LogP contribution in [0.3, 0.4) is 0 Å². The Morgan fingerprint density at radius 2 is 2.22 bits per heavy atom. The molecule has 0 aliphatic carbocycles. The van der Waals surface area contributed by atoms with E-state index in [1.54, 1.807) is 0 Å². The summed E-state index contributed by atoms with van der Waals surface area (Å²) in [4.78, 5) is 13.4.